The van der Waals surface area contributed by atoms with Crippen molar-refractivity contribution in [3.63, 3.8) is 0 Å². The molecular weight excluding hydrogens is 300 g/mol. The van der Waals surface area contributed by atoms with Gasteiger partial charge >= 0.3 is 5.69 Å². The van der Waals surface area contributed by atoms with E-state index in [0.717, 1.165) is 10.7 Å². The summed E-state index contributed by atoms with van der Waals surface area (Å²) in [6, 6.07) is 8.22. The number of nitrogens with zero attached hydrogens (tertiary/aromatic N) is 3. The summed E-state index contributed by atoms with van der Waals surface area (Å²) in [4.78, 5) is 31.5. The number of nitrogens with one attached hydrogen (secondary N) is 1. The molecule has 0 atom stereocenters. The number of aromatic nitrogens is 4. The van der Waals surface area contributed by atoms with Gasteiger partial charge in [0.1, 0.15) is 5.82 Å². The molecular formula is C15H16N4O2S. The Balaban J connectivity index is 2.00. The Labute approximate surface area is 130 Å². The molecule has 0 aliphatic rings. The smallest absolute Gasteiger partial charge is 0.325 e. The summed E-state index contributed by atoms with van der Waals surface area (Å²) in [5.41, 5.74) is 1.18. The number of fused-ring (bicyclic) bond motifs is 1. The van der Waals surface area contributed by atoms with Gasteiger partial charge in [0.2, 0.25) is 0 Å². The Bertz CT molecular complexity index is 968. The van der Waals surface area contributed by atoms with E-state index in [4.69, 9.17) is 0 Å². The minimum absolute atomic E-state index is 0.403. The van der Waals surface area contributed by atoms with Gasteiger partial charge in [-0.15, -0.1) is 11.8 Å². The zero-order valence-electron chi connectivity index (χ0n) is 12.6. The van der Waals surface area contributed by atoms with Crippen molar-refractivity contribution in [1.29, 1.82) is 0 Å². The second-order valence-corrected chi connectivity index (χ2v) is 6.23. The number of benzene rings is 1. The molecule has 0 bridgehead atoms. The Morgan fingerprint density at radius 1 is 1.23 bits per heavy atom. The van der Waals surface area contributed by atoms with Gasteiger partial charge in [0.15, 0.2) is 11.2 Å². The highest BCUT2D eigenvalue weighted by Gasteiger charge is 2.14. The molecule has 0 aliphatic heterocycles. The summed E-state index contributed by atoms with van der Waals surface area (Å²) < 4.78 is 3.11. The first-order valence-corrected chi connectivity index (χ1v) is 7.80. The fourth-order valence-electron chi connectivity index (χ4n) is 2.34. The van der Waals surface area contributed by atoms with Crippen molar-refractivity contribution in [2.45, 2.75) is 17.6 Å². The van der Waals surface area contributed by atoms with Crippen molar-refractivity contribution in [3.8, 4) is 0 Å². The molecule has 3 aromatic rings. The highest BCUT2D eigenvalue weighted by molar-refractivity contribution is 7.98. The van der Waals surface area contributed by atoms with Crippen LogP contribution in [0.25, 0.3) is 11.2 Å². The lowest BCUT2D eigenvalue weighted by atomic mass is 10.2. The normalized spacial score (nSPS) is 11.2. The molecule has 7 heteroatoms. The van der Waals surface area contributed by atoms with Crippen LogP contribution in [-0.2, 0) is 19.8 Å². The van der Waals surface area contributed by atoms with Crippen LogP contribution in [0.3, 0.4) is 0 Å². The van der Waals surface area contributed by atoms with Gasteiger partial charge in [-0.25, -0.2) is 9.78 Å². The van der Waals surface area contributed by atoms with Gasteiger partial charge in [0.05, 0.1) is 5.75 Å². The molecule has 6 nitrogen and oxygen atoms in total. The Morgan fingerprint density at radius 3 is 2.73 bits per heavy atom. The predicted octanol–water partition coefficient (Wildman–Crippen LogP) is 1.56. The molecule has 1 aromatic carbocycles. The van der Waals surface area contributed by atoms with E-state index in [1.54, 1.807) is 30.4 Å². The molecule has 0 saturated carbocycles. The summed E-state index contributed by atoms with van der Waals surface area (Å²) in [7, 11) is 3.40. The quantitative estimate of drug-likeness (QED) is 0.744. The largest absolute Gasteiger partial charge is 0.329 e. The van der Waals surface area contributed by atoms with Crippen molar-refractivity contribution >= 4 is 22.9 Å². The molecule has 2 heterocycles. The van der Waals surface area contributed by atoms with Crippen LogP contribution in [0, 0.1) is 6.92 Å². The second-order valence-electron chi connectivity index (χ2n) is 5.18. The van der Waals surface area contributed by atoms with Gasteiger partial charge in [-0.1, -0.05) is 17.7 Å². The number of aromatic amines is 1. The van der Waals surface area contributed by atoms with Gasteiger partial charge in [0.25, 0.3) is 5.56 Å². The van der Waals surface area contributed by atoms with Crippen LogP contribution in [0.2, 0.25) is 0 Å². The third kappa shape index (κ3) is 2.48. The van der Waals surface area contributed by atoms with E-state index in [2.05, 4.69) is 29.0 Å². The molecule has 0 unspecified atom stereocenters. The third-order valence-corrected chi connectivity index (χ3v) is 4.57. The molecule has 2 aromatic heterocycles. The Kier molecular flexibility index (Phi) is 3.66. The topological polar surface area (TPSA) is 72.7 Å². The summed E-state index contributed by atoms with van der Waals surface area (Å²) in [6.45, 7) is 2.05. The monoisotopic (exact) mass is 316 g/mol. The third-order valence-electron chi connectivity index (χ3n) is 3.58. The van der Waals surface area contributed by atoms with Gasteiger partial charge in [0, 0.05) is 19.0 Å². The number of aryl methyl sites for hydroxylation is 3. The van der Waals surface area contributed by atoms with Crippen molar-refractivity contribution in [3.05, 3.63) is 56.5 Å². The van der Waals surface area contributed by atoms with E-state index in [0.29, 0.717) is 16.9 Å². The number of hydrogen-bond acceptors (Lipinski definition) is 4. The average molecular weight is 316 g/mol. The standard InChI is InChI=1S/C15H16N4O2S/c1-9-5-4-6-10(7-9)22-8-11-16-13-12(18(11)2)14(20)17-15(21)19(13)3/h4-7H,8H2,1-3H3,(H,17,20,21). The minimum Gasteiger partial charge on any atom is -0.325 e. The minimum atomic E-state index is -0.450. The molecule has 0 fully saturated rings. The van der Waals surface area contributed by atoms with E-state index in [9.17, 15) is 9.59 Å². The van der Waals surface area contributed by atoms with E-state index in [-0.39, 0.29) is 0 Å². The van der Waals surface area contributed by atoms with Crippen molar-refractivity contribution in [2.24, 2.45) is 14.1 Å². The Morgan fingerprint density at radius 2 is 2.00 bits per heavy atom. The second kappa shape index (κ2) is 5.49. The van der Waals surface area contributed by atoms with Crippen molar-refractivity contribution in [1.82, 2.24) is 19.1 Å². The summed E-state index contributed by atoms with van der Waals surface area (Å²) in [6.07, 6.45) is 0. The highest BCUT2D eigenvalue weighted by atomic mass is 32.2. The van der Waals surface area contributed by atoms with E-state index >= 15 is 0 Å². The zero-order valence-corrected chi connectivity index (χ0v) is 13.4. The van der Waals surface area contributed by atoms with E-state index < -0.39 is 11.2 Å². The number of hydrogen-bond donors (Lipinski definition) is 1. The molecule has 3 rings (SSSR count). The molecule has 0 radical (unpaired) electrons. The molecule has 114 valence electrons. The number of thioether (sulfide) groups is 1. The highest BCUT2D eigenvalue weighted by Crippen LogP contribution is 2.23. The fourth-order valence-corrected chi connectivity index (χ4v) is 3.33. The maximum atomic E-state index is 12.0. The molecule has 1 N–H and O–H groups in total. The van der Waals surface area contributed by atoms with E-state index in [1.807, 2.05) is 12.1 Å². The lowest BCUT2D eigenvalue weighted by Gasteiger charge is -2.03. The fraction of sp³-hybridized carbons (Fsp3) is 0.267. The van der Waals surface area contributed by atoms with Crippen LogP contribution in [0.4, 0.5) is 0 Å². The van der Waals surface area contributed by atoms with Gasteiger partial charge in [-0.05, 0) is 19.1 Å². The molecule has 0 saturated heterocycles. The average Bonchev–Trinajstić information content (AvgIpc) is 2.80. The number of H-pyrrole nitrogens is 1. The van der Waals surface area contributed by atoms with Gasteiger partial charge in [-0.3, -0.25) is 14.3 Å². The number of rotatable bonds is 3. The van der Waals surface area contributed by atoms with Gasteiger partial charge < -0.3 is 4.57 Å². The van der Waals surface area contributed by atoms with Crippen LogP contribution < -0.4 is 11.2 Å². The SMILES string of the molecule is Cc1cccc(SCc2nc3c(c(=O)[nH]c(=O)n3C)n2C)c1. The first kappa shape index (κ1) is 14.6. The van der Waals surface area contributed by atoms with Crippen molar-refractivity contribution < 1.29 is 0 Å². The van der Waals surface area contributed by atoms with Crippen LogP contribution in [0.5, 0.6) is 0 Å². The van der Waals surface area contributed by atoms with Crippen LogP contribution in [0.15, 0.2) is 38.8 Å². The molecule has 22 heavy (non-hydrogen) atoms. The Hall–Kier alpha value is -2.28. The molecule has 0 spiro atoms. The first-order chi connectivity index (χ1) is 10.5. The predicted molar refractivity (Wildman–Crippen MR) is 87.3 cm³/mol. The van der Waals surface area contributed by atoms with Crippen LogP contribution in [0.1, 0.15) is 11.4 Å². The zero-order chi connectivity index (χ0) is 15.9. The van der Waals surface area contributed by atoms with Crippen LogP contribution in [-0.4, -0.2) is 19.1 Å². The molecule has 0 amide bonds. The maximum Gasteiger partial charge on any atom is 0.329 e. The van der Waals surface area contributed by atoms with Crippen molar-refractivity contribution in [2.75, 3.05) is 0 Å². The molecule has 0 aliphatic carbocycles. The summed E-state index contributed by atoms with van der Waals surface area (Å²) in [5.74, 6) is 1.38. The van der Waals surface area contributed by atoms with E-state index in [1.165, 1.54) is 10.1 Å². The summed E-state index contributed by atoms with van der Waals surface area (Å²) >= 11 is 1.65. The lowest BCUT2D eigenvalue weighted by molar-refractivity contribution is 0.829. The maximum absolute atomic E-state index is 12.0. The summed E-state index contributed by atoms with van der Waals surface area (Å²) in [5, 5.41) is 0. The van der Waals surface area contributed by atoms with Gasteiger partial charge in [-0.2, -0.15) is 0 Å². The first-order valence-electron chi connectivity index (χ1n) is 6.81. The number of imidazole rings is 1. The lowest BCUT2D eigenvalue weighted by Crippen LogP contribution is -2.29. The van der Waals surface area contributed by atoms with Crippen LogP contribution >= 0.6 is 11.8 Å².